The summed E-state index contributed by atoms with van der Waals surface area (Å²) in [6.45, 7) is 13.3. The van der Waals surface area contributed by atoms with Gasteiger partial charge in [-0.05, 0) is 68.4 Å². The molecule has 0 aromatic heterocycles. The number of benzene rings is 1. The largest absolute Gasteiger partial charge is 0.482 e. The van der Waals surface area contributed by atoms with Gasteiger partial charge in [-0.15, -0.1) is 6.58 Å². The second-order valence-electron chi connectivity index (χ2n) is 13.8. The number of Topliss-reactive ketones (excluding diaryl/α,β-unsaturated/α-hetero) is 1. The SMILES string of the molecule is C=C[C@]1(C)C[C@@H](OC(=O)COc2ccccc2CNC(=O)[C@H]2CCCN2)[C@]2(C)C(C)CCC3(CCC(=O)C32)[C@@H](C)[C@@H]1O. The molecule has 3 N–H and O–H groups in total. The second-order valence-corrected chi connectivity index (χ2v) is 13.8. The lowest BCUT2D eigenvalue weighted by Gasteiger charge is -2.61. The van der Waals surface area contributed by atoms with Crippen molar-refractivity contribution in [2.75, 3.05) is 13.2 Å². The zero-order chi connectivity index (χ0) is 30.3. The monoisotopic (exact) mass is 580 g/mol. The molecule has 9 atom stereocenters. The van der Waals surface area contributed by atoms with Crippen LogP contribution in [0.1, 0.15) is 78.2 Å². The number of amides is 1. The van der Waals surface area contributed by atoms with Crippen molar-refractivity contribution in [3.63, 3.8) is 0 Å². The molecule has 1 heterocycles. The lowest BCUT2D eigenvalue weighted by Crippen LogP contribution is -2.63. The molecule has 3 unspecified atom stereocenters. The number of ketones is 1. The van der Waals surface area contributed by atoms with Crippen LogP contribution in [0.5, 0.6) is 5.75 Å². The van der Waals surface area contributed by atoms with Crippen LogP contribution < -0.4 is 15.4 Å². The van der Waals surface area contributed by atoms with Gasteiger partial charge >= 0.3 is 5.97 Å². The number of para-hydroxylation sites is 1. The van der Waals surface area contributed by atoms with Gasteiger partial charge in [-0.3, -0.25) is 9.59 Å². The molecule has 8 nitrogen and oxygen atoms in total. The summed E-state index contributed by atoms with van der Waals surface area (Å²) in [5, 5.41) is 17.9. The number of carbonyl (C=O) groups is 3. The Balaban J connectivity index is 1.34. The number of hydrogen-bond acceptors (Lipinski definition) is 7. The number of carbonyl (C=O) groups excluding carboxylic acids is 3. The summed E-state index contributed by atoms with van der Waals surface area (Å²) < 4.78 is 12.3. The molecular weight excluding hydrogens is 532 g/mol. The fourth-order valence-corrected chi connectivity index (χ4v) is 8.84. The number of esters is 1. The van der Waals surface area contributed by atoms with Crippen LogP contribution in [0.3, 0.4) is 0 Å². The van der Waals surface area contributed by atoms with Gasteiger partial charge < -0.3 is 25.2 Å². The number of ether oxygens (including phenoxy) is 2. The van der Waals surface area contributed by atoms with Gasteiger partial charge in [0.15, 0.2) is 6.61 Å². The topological polar surface area (TPSA) is 114 Å². The van der Waals surface area contributed by atoms with Crippen molar-refractivity contribution in [3.8, 4) is 5.75 Å². The number of aliphatic hydroxyl groups excluding tert-OH is 1. The maximum Gasteiger partial charge on any atom is 0.344 e. The third-order valence-electron chi connectivity index (χ3n) is 11.7. The molecule has 3 saturated carbocycles. The molecule has 230 valence electrons. The molecule has 1 saturated heterocycles. The Kier molecular flexibility index (Phi) is 8.61. The third kappa shape index (κ3) is 5.19. The van der Waals surface area contributed by atoms with Gasteiger partial charge in [0.25, 0.3) is 0 Å². The molecule has 0 radical (unpaired) electrons. The third-order valence-corrected chi connectivity index (χ3v) is 11.7. The van der Waals surface area contributed by atoms with Crippen molar-refractivity contribution in [2.24, 2.45) is 34.0 Å². The zero-order valence-corrected chi connectivity index (χ0v) is 25.6. The van der Waals surface area contributed by atoms with E-state index in [2.05, 4.69) is 38.0 Å². The molecule has 4 aliphatic rings. The summed E-state index contributed by atoms with van der Waals surface area (Å²) in [7, 11) is 0. The summed E-state index contributed by atoms with van der Waals surface area (Å²) >= 11 is 0. The Morgan fingerprint density at radius 3 is 2.67 bits per heavy atom. The number of hydrogen-bond donors (Lipinski definition) is 3. The number of nitrogens with one attached hydrogen (secondary N) is 2. The minimum absolute atomic E-state index is 0.0415. The normalized spacial score (nSPS) is 39.5. The van der Waals surface area contributed by atoms with E-state index in [9.17, 15) is 19.5 Å². The van der Waals surface area contributed by atoms with E-state index >= 15 is 0 Å². The Bertz CT molecular complexity index is 1210. The number of rotatable bonds is 8. The first kappa shape index (κ1) is 30.7. The summed E-state index contributed by atoms with van der Waals surface area (Å²) in [6, 6.07) is 7.17. The Labute approximate surface area is 250 Å². The predicted octanol–water partition coefficient (Wildman–Crippen LogP) is 4.34. The molecule has 42 heavy (non-hydrogen) atoms. The highest BCUT2D eigenvalue weighted by Gasteiger charge is 2.68. The lowest BCUT2D eigenvalue weighted by molar-refractivity contribution is -0.207. The van der Waals surface area contributed by atoms with Crippen LogP contribution in [0.15, 0.2) is 36.9 Å². The van der Waals surface area contributed by atoms with Gasteiger partial charge in [0.2, 0.25) is 5.91 Å². The summed E-state index contributed by atoms with van der Waals surface area (Å²) in [4.78, 5) is 39.5. The van der Waals surface area contributed by atoms with E-state index < -0.39 is 29.0 Å². The Morgan fingerprint density at radius 1 is 1.19 bits per heavy atom. The van der Waals surface area contributed by atoms with Crippen molar-refractivity contribution in [1.82, 2.24) is 10.6 Å². The molecule has 0 spiro atoms. The van der Waals surface area contributed by atoms with Crippen LogP contribution in [-0.2, 0) is 25.7 Å². The van der Waals surface area contributed by atoms with E-state index in [1.54, 1.807) is 12.1 Å². The van der Waals surface area contributed by atoms with Crippen molar-refractivity contribution >= 4 is 17.7 Å². The van der Waals surface area contributed by atoms with E-state index in [1.165, 1.54) is 0 Å². The van der Waals surface area contributed by atoms with Gasteiger partial charge in [-0.2, -0.15) is 0 Å². The van der Waals surface area contributed by atoms with Crippen LogP contribution in [-0.4, -0.2) is 54.2 Å². The van der Waals surface area contributed by atoms with Gasteiger partial charge in [0.05, 0.1) is 12.1 Å². The minimum Gasteiger partial charge on any atom is -0.482 e. The lowest BCUT2D eigenvalue weighted by atomic mass is 9.44. The zero-order valence-electron chi connectivity index (χ0n) is 25.6. The first-order valence-electron chi connectivity index (χ1n) is 15.7. The van der Waals surface area contributed by atoms with Crippen molar-refractivity contribution < 1.29 is 29.0 Å². The van der Waals surface area contributed by atoms with Crippen LogP contribution >= 0.6 is 0 Å². The molecular formula is C34H48N2O6. The van der Waals surface area contributed by atoms with Gasteiger partial charge in [0.1, 0.15) is 17.6 Å². The Hall–Kier alpha value is -2.71. The van der Waals surface area contributed by atoms with Crippen molar-refractivity contribution in [3.05, 3.63) is 42.5 Å². The van der Waals surface area contributed by atoms with E-state index in [1.807, 2.05) is 25.1 Å². The minimum atomic E-state index is -0.708. The average molecular weight is 581 g/mol. The van der Waals surface area contributed by atoms with Gasteiger partial charge in [0, 0.05) is 35.3 Å². The highest BCUT2D eigenvalue weighted by Crippen LogP contribution is 2.68. The second kappa shape index (κ2) is 11.8. The Morgan fingerprint density at radius 2 is 1.95 bits per heavy atom. The van der Waals surface area contributed by atoms with E-state index in [0.717, 1.165) is 44.2 Å². The predicted molar refractivity (Wildman–Crippen MR) is 159 cm³/mol. The summed E-state index contributed by atoms with van der Waals surface area (Å²) in [5.41, 5.74) is -0.808. The smallest absolute Gasteiger partial charge is 0.344 e. The molecule has 1 aliphatic heterocycles. The fraction of sp³-hybridized carbons (Fsp3) is 0.676. The van der Waals surface area contributed by atoms with Crippen molar-refractivity contribution in [1.29, 1.82) is 0 Å². The molecule has 8 heteroatoms. The molecule has 3 aliphatic carbocycles. The highest BCUT2D eigenvalue weighted by atomic mass is 16.6. The van der Waals surface area contributed by atoms with E-state index in [4.69, 9.17) is 9.47 Å². The molecule has 1 aromatic rings. The fourth-order valence-electron chi connectivity index (χ4n) is 8.84. The van der Waals surface area contributed by atoms with E-state index in [0.29, 0.717) is 25.1 Å². The van der Waals surface area contributed by atoms with Crippen LogP contribution in [0.2, 0.25) is 0 Å². The molecule has 1 amide bonds. The highest BCUT2D eigenvalue weighted by molar-refractivity contribution is 5.86. The quantitative estimate of drug-likeness (QED) is 0.310. The molecule has 1 aromatic carbocycles. The first-order chi connectivity index (χ1) is 20.0. The van der Waals surface area contributed by atoms with Crippen LogP contribution in [0.25, 0.3) is 0 Å². The van der Waals surface area contributed by atoms with Gasteiger partial charge in [-0.25, -0.2) is 4.79 Å². The first-order valence-corrected chi connectivity index (χ1v) is 15.7. The average Bonchev–Trinajstić information content (AvgIpc) is 3.65. The van der Waals surface area contributed by atoms with E-state index in [-0.39, 0.29) is 47.5 Å². The molecule has 2 bridgehead atoms. The standard InChI is InChI=1S/C34H48N2O6/c1-6-32(4)18-27(33(5)21(2)13-15-34(22(3)30(32)39)16-14-25(37)29(33)34)42-28(38)20-41-26-12-8-7-10-23(26)19-36-31(40)24-11-9-17-35-24/h6-8,10,12,21-22,24,27,29-30,35,39H,1,9,11,13-20H2,2-5H3,(H,36,40)/t21?,22-,24+,27+,29?,30-,32+,33-,34?/m0/s1. The summed E-state index contributed by atoms with van der Waals surface area (Å²) in [6.07, 6.45) is 5.76. The summed E-state index contributed by atoms with van der Waals surface area (Å²) in [5.74, 6) is -0.0127. The molecule has 5 rings (SSSR count). The van der Waals surface area contributed by atoms with Crippen LogP contribution in [0, 0.1) is 34.0 Å². The maximum absolute atomic E-state index is 13.6. The van der Waals surface area contributed by atoms with Crippen LogP contribution in [0.4, 0.5) is 0 Å². The van der Waals surface area contributed by atoms with Gasteiger partial charge in [-0.1, -0.05) is 52.0 Å². The molecule has 4 fully saturated rings. The van der Waals surface area contributed by atoms with Crippen molar-refractivity contribution in [2.45, 2.75) is 97.4 Å². The maximum atomic E-state index is 13.6. The number of aliphatic hydroxyl groups is 1.